The first-order valence-corrected chi connectivity index (χ1v) is 6.83. The van der Waals surface area contributed by atoms with Crippen LogP contribution in [0.3, 0.4) is 0 Å². The minimum atomic E-state index is -0.688. The van der Waals surface area contributed by atoms with E-state index in [1.807, 2.05) is 20.8 Å². The number of rotatable bonds is 4. The van der Waals surface area contributed by atoms with E-state index >= 15 is 0 Å². The predicted octanol–water partition coefficient (Wildman–Crippen LogP) is 3.52. The van der Waals surface area contributed by atoms with Crippen LogP contribution >= 0.6 is 11.6 Å². The Morgan fingerprint density at radius 1 is 1.25 bits per heavy atom. The molecule has 20 heavy (non-hydrogen) atoms. The molecule has 2 atom stereocenters. The molecule has 1 aromatic heterocycles. The van der Waals surface area contributed by atoms with Crippen molar-refractivity contribution >= 4 is 11.6 Å². The van der Waals surface area contributed by atoms with Gasteiger partial charge in [-0.1, -0.05) is 32.4 Å². The SMILES string of the molecule is CC(C)(C)C(O)C(Oc1ccc(Cl)cc1)n1ccnc1. The third-order valence-electron chi connectivity index (χ3n) is 3.05. The zero-order chi connectivity index (χ0) is 14.8. The Hall–Kier alpha value is -1.52. The molecular formula is C15H19ClN2O2. The molecule has 1 N–H and O–H groups in total. The lowest BCUT2D eigenvalue weighted by Gasteiger charge is -2.33. The van der Waals surface area contributed by atoms with E-state index in [1.165, 1.54) is 0 Å². The lowest BCUT2D eigenvalue weighted by atomic mass is 9.88. The average molecular weight is 295 g/mol. The van der Waals surface area contributed by atoms with Gasteiger partial charge < -0.3 is 9.84 Å². The normalized spacial score (nSPS) is 14.8. The lowest BCUT2D eigenvalue weighted by molar-refractivity contribution is -0.0674. The molecule has 0 aliphatic carbocycles. The summed E-state index contributed by atoms with van der Waals surface area (Å²) < 4.78 is 7.67. The summed E-state index contributed by atoms with van der Waals surface area (Å²) in [6, 6.07) is 7.07. The zero-order valence-corrected chi connectivity index (χ0v) is 12.6. The van der Waals surface area contributed by atoms with Crippen LogP contribution in [-0.4, -0.2) is 20.8 Å². The summed E-state index contributed by atoms with van der Waals surface area (Å²) in [6.45, 7) is 5.90. The molecule has 0 spiro atoms. The van der Waals surface area contributed by atoms with Gasteiger partial charge in [0.2, 0.25) is 6.23 Å². The molecule has 108 valence electrons. The number of aliphatic hydroxyl groups excluding tert-OH is 1. The van der Waals surface area contributed by atoms with E-state index in [1.54, 1.807) is 47.6 Å². The van der Waals surface area contributed by atoms with Crippen molar-refractivity contribution in [3.63, 3.8) is 0 Å². The molecular weight excluding hydrogens is 276 g/mol. The first-order valence-electron chi connectivity index (χ1n) is 6.45. The molecule has 1 aromatic carbocycles. The summed E-state index contributed by atoms with van der Waals surface area (Å²) in [6.07, 6.45) is 3.84. The van der Waals surface area contributed by atoms with Crippen LogP contribution in [-0.2, 0) is 0 Å². The van der Waals surface area contributed by atoms with Gasteiger partial charge in [-0.3, -0.25) is 4.57 Å². The van der Waals surface area contributed by atoms with E-state index in [4.69, 9.17) is 16.3 Å². The van der Waals surface area contributed by atoms with Crippen LogP contribution in [0.5, 0.6) is 5.75 Å². The van der Waals surface area contributed by atoms with Gasteiger partial charge in [0.1, 0.15) is 11.9 Å². The minimum Gasteiger partial charge on any atom is -0.467 e. The second-order valence-corrected chi connectivity index (χ2v) is 6.22. The van der Waals surface area contributed by atoms with Gasteiger partial charge >= 0.3 is 0 Å². The van der Waals surface area contributed by atoms with Crippen molar-refractivity contribution in [2.45, 2.75) is 33.1 Å². The molecule has 0 fully saturated rings. The van der Waals surface area contributed by atoms with Crippen LogP contribution in [0.25, 0.3) is 0 Å². The maximum atomic E-state index is 10.5. The van der Waals surface area contributed by atoms with Crippen LogP contribution in [0.1, 0.15) is 27.0 Å². The van der Waals surface area contributed by atoms with Crippen molar-refractivity contribution in [1.29, 1.82) is 0 Å². The number of benzene rings is 1. The monoisotopic (exact) mass is 294 g/mol. The summed E-state index contributed by atoms with van der Waals surface area (Å²) >= 11 is 5.86. The van der Waals surface area contributed by atoms with Gasteiger partial charge in [-0.2, -0.15) is 0 Å². The molecule has 0 amide bonds. The quantitative estimate of drug-likeness (QED) is 0.938. The van der Waals surface area contributed by atoms with Crippen molar-refractivity contribution in [2.75, 3.05) is 0 Å². The summed E-state index contributed by atoms with van der Waals surface area (Å²) in [4.78, 5) is 4.01. The molecule has 0 saturated heterocycles. The maximum Gasteiger partial charge on any atom is 0.203 e. The first kappa shape index (κ1) is 14.9. The standard InChI is InChI=1S/C15H19ClN2O2/c1-15(2,3)13(19)14(18-9-8-17-10-18)20-12-6-4-11(16)5-7-12/h4-10,13-14,19H,1-3H3. The molecule has 2 aromatic rings. The molecule has 0 aliphatic rings. The Kier molecular flexibility index (Phi) is 4.35. The highest BCUT2D eigenvalue weighted by Crippen LogP contribution is 2.30. The van der Waals surface area contributed by atoms with Crippen molar-refractivity contribution in [3.05, 3.63) is 48.0 Å². The van der Waals surface area contributed by atoms with Gasteiger partial charge in [0.25, 0.3) is 0 Å². The number of imidazole rings is 1. The number of aliphatic hydroxyl groups is 1. The second kappa shape index (κ2) is 5.85. The Morgan fingerprint density at radius 2 is 1.90 bits per heavy atom. The van der Waals surface area contributed by atoms with Crippen LogP contribution in [0.4, 0.5) is 0 Å². The van der Waals surface area contributed by atoms with Crippen molar-refractivity contribution in [2.24, 2.45) is 5.41 Å². The Balaban J connectivity index is 2.26. The largest absolute Gasteiger partial charge is 0.467 e. The number of ether oxygens (including phenoxy) is 1. The molecule has 0 bridgehead atoms. The summed E-state index contributed by atoms with van der Waals surface area (Å²) in [5.41, 5.74) is -0.318. The van der Waals surface area contributed by atoms with Gasteiger partial charge in [0.15, 0.2) is 0 Å². The van der Waals surface area contributed by atoms with Gasteiger partial charge in [-0.05, 0) is 29.7 Å². The molecule has 0 saturated carbocycles. The Labute approximate surface area is 124 Å². The van der Waals surface area contributed by atoms with Crippen LogP contribution in [0.15, 0.2) is 43.0 Å². The molecule has 0 aliphatic heterocycles. The highest BCUT2D eigenvalue weighted by atomic mass is 35.5. The third-order valence-corrected chi connectivity index (χ3v) is 3.30. The predicted molar refractivity (Wildman–Crippen MR) is 78.8 cm³/mol. The van der Waals surface area contributed by atoms with Crippen molar-refractivity contribution in [1.82, 2.24) is 9.55 Å². The molecule has 2 unspecified atom stereocenters. The first-order chi connectivity index (χ1) is 9.38. The van der Waals surface area contributed by atoms with Crippen LogP contribution < -0.4 is 4.74 Å². The fourth-order valence-electron chi connectivity index (χ4n) is 1.79. The van der Waals surface area contributed by atoms with Gasteiger partial charge in [0, 0.05) is 17.4 Å². The van der Waals surface area contributed by atoms with Crippen LogP contribution in [0.2, 0.25) is 5.02 Å². The number of halogens is 1. The Bertz CT molecular complexity index is 532. The third kappa shape index (κ3) is 3.52. The number of hydrogen-bond donors (Lipinski definition) is 1. The van der Waals surface area contributed by atoms with E-state index in [-0.39, 0.29) is 5.41 Å². The lowest BCUT2D eigenvalue weighted by Crippen LogP contribution is -2.38. The highest BCUT2D eigenvalue weighted by molar-refractivity contribution is 6.30. The van der Waals surface area contributed by atoms with E-state index in [2.05, 4.69) is 4.98 Å². The number of nitrogens with zero attached hydrogens (tertiary/aromatic N) is 2. The molecule has 4 nitrogen and oxygen atoms in total. The minimum absolute atomic E-state index is 0.318. The summed E-state index contributed by atoms with van der Waals surface area (Å²) in [5, 5.41) is 11.2. The number of hydrogen-bond acceptors (Lipinski definition) is 3. The Morgan fingerprint density at radius 3 is 2.40 bits per heavy atom. The fraction of sp³-hybridized carbons (Fsp3) is 0.400. The fourth-order valence-corrected chi connectivity index (χ4v) is 1.91. The van der Waals surface area contributed by atoms with Gasteiger partial charge in [0.05, 0.1) is 6.33 Å². The van der Waals surface area contributed by atoms with Crippen molar-refractivity contribution in [3.8, 4) is 5.75 Å². The summed E-state index contributed by atoms with van der Waals surface area (Å²) in [7, 11) is 0. The topological polar surface area (TPSA) is 47.3 Å². The molecule has 0 radical (unpaired) electrons. The molecule has 5 heteroatoms. The molecule has 2 rings (SSSR count). The van der Waals surface area contributed by atoms with E-state index in [0.717, 1.165) is 0 Å². The average Bonchev–Trinajstić information content (AvgIpc) is 2.90. The highest BCUT2D eigenvalue weighted by Gasteiger charge is 2.33. The zero-order valence-electron chi connectivity index (χ0n) is 11.8. The number of aromatic nitrogens is 2. The second-order valence-electron chi connectivity index (χ2n) is 5.78. The van der Waals surface area contributed by atoms with E-state index < -0.39 is 12.3 Å². The van der Waals surface area contributed by atoms with Crippen molar-refractivity contribution < 1.29 is 9.84 Å². The smallest absolute Gasteiger partial charge is 0.203 e. The van der Waals surface area contributed by atoms with Gasteiger partial charge in [-0.25, -0.2) is 4.98 Å². The van der Waals surface area contributed by atoms with Gasteiger partial charge in [-0.15, -0.1) is 0 Å². The van der Waals surface area contributed by atoms with Crippen LogP contribution in [0, 0.1) is 5.41 Å². The van der Waals surface area contributed by atoms with E-state index in [9.17, 15) is 5.11 Å². The summed E-state index contributed by atoms with van der Waals surface area (Å²) in [5.74, 6) is 0.649. The maximum absolute atomic E-state index is 10.5. The molecule has 1 heterocycles. The van der Waals surface area contributed by atoms with E-state index in [0.29, 0.717) is 10.8 Å².